The van der Waals surface area contributed by atoms with Gasteiger partial charge in [-0.2, -0.15) is 0 Å². The lowest BCUT2D eigenvalue weighted by molar-refractivity contribution is -0.305. The molecule has 1 aliphatic heterocycles. The first-order valence-corrected chi connectivity index (χ1v) is 20.0. The Labute approximate surface area is 319 Å². The average molecular weight is 747 g/mol. The van der Waals surface area contributed by atoms with Crippen molar-refractivity contribution in [3.05, 3.63) is 72.9 Å². The van der Waals surface area contributed by atoms with Gasteiger partial charge >= 0.3 is 11.9 Å². The molecule has 0 unspecified atom stereocenters. The first-order valence-electron chi connectivity index (χ1n) is 20.0. The number of hydrogen-bond donors (Lipinski definition) is 4. The molecule has 10 heteroatoms. The number of aliphatic hydroxyl groups excluding tert-OH is 4. The van der Waals surface area contributed by atoms with Crippen molar-refractivity contribution in [3.8, 4) is 0 Å². The molecule has 0 bridgehead atoms. The molecule has 53 heavy (non-hydrogen) atoms. The van der Waals surface area contributed by atoms with Crippen LogP contribution in [-0.2, 0) is 28.5 Å². The van der Waals surface area contributed by atoms with Crippen molar-refractivity contribution < 1.29 is 49.0 Å². The van der Waals surface area contributed by atoms with E-state index in [4.69, 9.17) is 18.9 Å². The molecule has 0 aromatic carbocycles. The molecule has 1 aliphatic rings. The Hall–Kier alpha value is -2.86. The molecule has 0 saturated carbocycles. The van der Waals surface area contributed by atoms with E-state index in [1.807, 2.05) is 0 Å². The third-order valence-electron chi connectivity index (χ3n) is 8.59. The SMILES string of the molecule is CCC=CCC=CCC=CCCCCCCCC(=O)OC[C@H](CO[C@@H]1O[C@H](CO)[C@H](O)[C@H](O)[C@H]1O)OC(=O)CCCCCC=CCC=CCC=CCC. The van der Waals surface area contributed by atoms with E-state index in [1.54, 1.807) is 0 Å². The topological polar surface area (TPSA) is 152 Å². The summed E-state index contributed by atoms with van der Waals surface area (Å²) in [5, 5.41) is 39.9. The highest BCUT2D eigenvalue weighted by molar-refractivity contribution is 5.70. The number of hydrogen-bond acceptors (Lipinski definition) is 10. The van der Waals surface area contributed by atoms with Crippen LogP contribution in [0.15, 0.2) is 72.9 Å². The predicted molar refractivity (Wildman–Crippen MR) is 210 cm³/mol. The number of allylic oxidation sites excluding steroid dienone is 12. The van der Waals surface area contributed by atoms with E-state index in [0.29, 0.717) is 12.8 Å². The molecule has 0 spiro atoms. The summed E-state index contributed by atoms with van der Waals surface area (Å²) in [5.74, 6) is -0.871. The Bertz CT molecular complexity index is 1090. The van der Waals surface area contributed by atoms with Crippen molar-refractivity contribution in [3.63, 3.8) is 0 Å². The zero-order valence-corrected chi connectivity index (χ0v) is 32.5. The zero-order valence-electron chi connectivity index (χ0n) is 32.5. The molecule has 302 valence electrons. The van der Waals surface area contributed by atoms with Crippen molar-refractivity contribution in [1.82, 2.24) is 0 Å². The molecule has 1 rings (SSSR count). The molecule has 0 aromatic rings. The fraction of sp³-hybridized carbons (Fsp3) is 0.674. The Morgan fingerprint density at radius 3 is 1.60 bits per heavy atom. The fourth-order valence-electron chi connectivity index (χ4n) is 5.45. The maximum atomic E-state index is 12.7. The van der Waals surface area contributed by atoms with Gasteiger partial charge in [0.2, 0.25) is 0 Å². The molecule has 1 heterocycles. The highest BCUT2D eigenvalue weighted by Crippen LogP contribution is 2.22. The zero-order chi connectivity index (χ0) is 38.8. The molecular weight excluding hydrogens is 676 g/mol. The van der Waals surface area contributed by atoms with Crippen LogP contribution in [-0.4, -0.2) is 89.0 Å². The third-order valence-corrected chi connectivity index (χ3v) is 8.59. The summed E-state index contributed by atoms with van der Waals surface area (Å²) in [6.07, 6.45) is 33.4. The summed E-state index contributed by atoms with van der Waals surface area (Å²) in [6.45, 7) is 3.11. The van der Waals surface area contributed by atoms with E-state index in [2.05, 4.69) is 86.8 Å². The first-order chi connectivity index (χ1) is 25.8. The second-order valence-corrected chi connectivity index (χ2v) is 13.3. The van der Waals surface area contributed by atoms with Crippen molar-refractivity contribution in [2.24, 2.45) is 0 Å². The van der Waals surface area contributed by atoms with Gasteiger partial charge in [0.05, 0.1) is 13.2 Å². The fourth-order valence-corrected chi connectivity index (χ4v) is 5.45. The molecule has 0 aromatic heterocycles. The van der Waals surface area contributed by atoms with Crippen molar-refractivity contribution in [2.45, 2.75) is 166 Å². The van der Waals surface area contributed by atoms with Crippen LogP contribution in [0.5, 0.6) is 0 Å². The van der Waals surface area contributed by atoms with Crippen LogP contribution >= 0.6 is 0 Å². The minimum absolute atomic E-state index is 0.187. The standard InChI is InChI=1S/C43H70O10/c1-3-5-7-9-11-13-15-17-18-20-21-23-25-27-29-31-38(45)50-34-36(35-51-43-42(49)41(48)40(47)37(33-44)53-43)52-39(46)32-30-28-26-24-22-19-16-14-12-10-8-6-4-2/h5-8,11-14,17-19,22,36-37,40-44,47-49H,3-4,9-10,15-16,20-21,23-35H2,1-2H3/t36-,37-,40+,41+,42-,43-/m1/s1. The van der Waals surface area contributed by atoms with Crippen LogP contribution in [0.4, 0.5) is 0 Å². The molecule has 4 N–H and O–H groups in total. The number of carbonyl (C=O) groups is 2. The molecule has 0 aliphatic carbocycles. The monoisotopic (exact) mass is 746 g/mol. The van der Waals surface area contributed by atoms with E-state index in [0.717, 1.165) is 89.9 Å². The number of ether oxygens (including phenoxy) is 4. The summed E-state index contributed by atoms with van der Waals surface area (Å²) in [7, 11) is 0. The summed E-state index contributed by atoms with van der Waals surface area (Å²) in [6, 6.07) is 0. The lowest BCUT2D eigenvalue weighted by atomic mass is 9.99. The van der Waals surface area contributed by atoms with Gasteiger partial charge in [0, 0.05) is 12.8 Å². The van der Waals surface area contributed by atoms with Crippen LogP contribution in [0, 0.1) is 0 Å². The van der Waals surface area contributed by atoms with Gasteiger partial charge in [-0.25, -0.2) is 0 Å². The molecule has 0 amide bonds. The maximum Gasteiger partial charge on any atom is 0.306 e. The highest BCUT2D eigenvalue weighted by atomic mass is 16.7. The second-order valence-electron chi connectivity index (χ2n) is 13.3. The molecule has 1 fully saturated rings. The number of unbranched alkanes of at least 4 members (excludes halogenated alkanes) is 8. The Morgan fingerprint density at radius 2 is 1.06 bits per heavy atom. The van der Waals surface area contributed by atoms with Gasteiger partial charge in [-0.3, -0.25) is 9.59 Å². The maximum absolute atomic E-state index is 12.7. The quantitative estimate of drug-likeness (QED) is 0.0316. The van der Waals surface area contributed by atoms with E-state index >= 15 is 0 Å². The number of esters is 2. The van der Waals surface area contributed by atoms with Crippen LogP contribution < -0.4 is 0 Å². The van der Waals surface area contributed by atoms with Gasteiger partial charge in [-0.15, -0.1) is 0 Å². The second kappa shape index (κ2) is 33.7. The van der Waals surface area contributed by atoms with Gasteiger partial charge < -0.3 is 39.4 Å². The largest absolute Gasteiger partial charge is 0.462 e. The minimum atomic E-state index is -1.61. The van der Waals surface area contributed by atoms with Gasteiger partial charge in [-0.05, 0) is 77.0 Å². The highest BCUT2D eigenvalue weighted by Gasteiger charge is 2.44. The van der Waals surface area contributed by atoms with Gasteiger partial charge in [-0.1, -0.05) is 112 Å². The van der Waals surface area contributed by atoms with Crippen molar-refractivity contribution in [2.75, 3.05) is 19.8 Å². The van der Waals surface area contributed by atoms with Crippen LogP contribution in [0.3, 0.4) is 0 Å². The van der Waals surface area contributed by atoms with Crippen LogP contribution in [0.1, 0.15) is 129 Å². The Balaban J connectivity index is 2.42. The lowest BCUT2D eigenvalue weighted by Gasteiger charge is -2.39. The van der Waals surface area contributed by atoms with Crippen molar-refractivity contribution >= 4 is 11.9 Å². The lowest BCUT2D eigenvalue weighted by Crippen LogP contribution is -2.59. The number of rotatable bonds is 31. The third kappa shape index (κ3) is 25.7. The van der Waals surface area contributed by atoms with E-state index in [-0.39, 0.29) is 26.1 Å². The van der Waals surface area contributed by atoms with Crippen LogP contribution in [0.2, 0.25) is 0 Å². The smallest absolute Gasteiger partial charge is 0.306 e. The van der Waals surface area contributed by atoms with Gasteiger partial charge in [0.1, 0.15) is 31.0 Å². The predicted octanol–water partition coefficient (Wildman–Crippen LogP) is 7.66. The van der Waals surface area contributed by atoms with E-state index in [9.17, 15) is 30.0 Å². The van der Waals surface area contributed by atoms with Crippen LogP contribution in [0.25, 0.3) is 0 Å². The average Bonchev–Trinajstić information content (AvgIpc) is 3.15. The Kier molecular flexibility index (Phi) is 30.6. The summed E-state index contributed by atoms with van der Waals surface area (Å²) >= 11 is 0. The molecule has 10 nitrogen and oxygen atoms in total. The molecule has 0 radical (unpaired) electrons. The number of carbonyl (C=O) groups excluding carboxylic acids is 2. The molecule has 1 saturated heterocycles. The summed E-state index contributed by atoms with van der Waals surface area (Å²) in [5.41, 5.74) is 0. The summed E-state index contributed by atoms with van der Waals surface area (Å²) in [4.78, 5) is 25.2. The molecule has 6 atom stereocenters. The summed E-state index contributed by atoms with van der Waals surface area (Å²) < 4.78 is 22.0. The molecular formula is C43H70O10. The minimum Gasteiger partial charge on any atom is -0.462 e. The van der Waals surface area contributed by atoms with Gasteiger partial charge in [0.25, 0.3) is 0 Å². The normalized spacial score (nSPS) is 21.7. The number of aliphatic hydroxyl groups is 4. The Morgan fingerprint density at radius 1 is 0.585 bits per heavy atom. The van der Waals surface area contributed by atoms with E-state index < -0.39 is 55.4 Å². The van der Waals surface area contributed by atoms with Gasteiger partial charge in [0.15, 0.2) is 12.4 Å². The first kappa shape index (κ1) is 48.2. The van der Waals surface area contributed by atoms with Crippen molar-refractivity contribution in [1.29, 1.82) is 0 Å². The van der Waals surface area contributed by atoms with E-state index in [1.165, 1.54) is 0 Å².